The van der Waals surface area contributed by atoms with Gasteiger partial charge in [-0.05, 0) is 50.0 Å². The molecule has 1 saturated carbocycles. The fourth-order valence-corrected chi connectivity index (χ4v) is 2.76. The van der Waals surface area contributed by atoms with E-state index in [9.17, 15) is 14.7 Å². The van der Waals surface area contributed by atoms with Crippen molar-refractivity contribution in [3.05, 3.63) is 0 Å². The molecule has 110 valence electrons. The molecular weight excluding hydrogens is 264 g/mol. The minimum Gasteiger partial charge on any atom is -0.480 e. The first-order valence-corrected chi connectivity index (χ1v) is 8.18. The third-order valence-electron chi connectivity index (χ3n) is 3.70. The third-order valence-corrected chi connectivity index (χ3v) is 4.40. The third kappa shape index (κ3) is 4.93. The van der Waals surface area contributed by atoms with E-state index in [-0.39, 0.29) is 6.03 Å². The van der Waals surface area contributed by atoms with Gasteiger partial charge in [-0.2, -0.15) is 11.8 Å². The second-order valence-corrected chi connectivity index (χ2v) is 6.28. The summed E-state index contributed by atoms with van der Waals surface area (Å²) in [6.07, 6.45) is 5.63. The largest absolute Gasteiger partial charge is 0.480 e. The van der Waals surface area contributed by atoms with E-state index in [0.29, 0.717) is 25.3 Å². The Labute approximate surface area is 118 Å². The van der Waals surface area contributed by atoms with Gasteiger partial charge in [-0.25, -0.2) is 9.59 Å². The quantitative estimate of drug-likeness (QED) is 0.654. The van der Waals surface area contributed by atoms with Crippen LogP contribution in [0.3, 0.4) is 0 Å². The molecule has 6 heteroatoms. The molecule has 19 heavy (non-hydrogen) atoms. The summed E-state index contributed by atoms with van der Waals surface area (Å²) >= 11 is 1.73. The molecule has 1 rings (SSSR count). The molecule has 2 amide bonds. The van der Waals surface area contributed by atoms with Crippen molar-refractivity contribution in [2.45, 2.75) is 44.6 Å². The molecule has 1 aliphatic carbocycles. The van der Waals surface area contributed by atoms with Crippen LogP contribution in [0.4, 0.5) is 4.79 Å². The molecule has 0 aromatic rings. The van der Waals surface area contributed by atoms with Crippen molar-refractivity contribution in [3.8, 4) is 0 Å². The molecule has 0 aliphatic heterocycles. The lowest BCUT2D eigenvalue weighted by molar-refractivity contribution is -0.146. The molecule has 3 N–H and O–H groups in total. The van der Waals surface area contributed by atoms with Gasteiger partial charge >= 0.3 is 12.0 Å². The van der Waals surface area contributed by atoms with Gasteiger partial charge in [0.2, 0.25) is 0 Å². The Hall–Kier alpha value is -0.910. The van der Waals surface area contributed by atoms with E-state index < -0.39 is 11.5 Å². The number of hydrogen-bond acceptors (Lipinski definition) is 3. The second-order valence-electron chi connectivity index (χ2n) is 5.30. The normalized spacial score (nSPS) is 26.7. The zero-order valence-electron chi connectivity index (χ0n) is 11.7. The predicted octanol–water partition coefficient (Wildman–Crippen LogP) is 2.07. The molecule has 0 unspecified atom stereocenters. The highest BCUT2D eigenvalue weighted by atomic mass is 32.2. The number of thioether (sulfide) groups is 1. The number of hydrogen-bond donors (Lipinski definition) is 3. The summed E-state index contributed by atoms with van der Waals surface area (Å²) in [7, 11) is 0. The first-order chi connectivity index (χ1) is 9.00. The minimum absolute atomic E-state index is 0.363. The number of carbonyl (C=O) groups is 2. The number of aliphatic carboxylic acids is 1. The highest BCUT2D eigenvalue weighted by molar-refractivity contribution is 7.98. The number of carboxylic acids is 1. The van der Waals surface area contributed by atoms with Crippen LogP contribution >= 0.6 is 11.8 Å². The Bertz CT molecular complexity index is 315. The molecule has 0 aromatic carbocycles. The van der Waals surface area contributed by atoms with Crippen LogP contribution in [0.1, 0.15) is 39.0 Å². The number of amides is 2. The Kier molecular flexibility index (Phi) is 6.48. The fraction of sp³-hybridized carbons (Fsp3) is 0.846. The van der Waals surface area contributed by atoms with Crippen LogP contribution < -0.4 is 10.6 Å². The van der Waals surface area contributed by atoms with Crippen LogP contribution in [0.25, 0.3) is 0 Å². The zero-order chi connectivity index (χ0) is 14.3. The highest BCUT2D eigenvalue weighted by Crippen LogP contribution is 2.32. The van der Waals surface area contributed by atoms with Crippen molar-refractivity contribution < 1.29 is 14.7 Å². The average Bonchev–Trinajstić information content (AvgIpc) is 2.37. The standard InChI is InChI=1S/C13H24N2O3S/c1-10-4-6-13(7-5-10,11(16)17)15-12(18)14-8-3-9-19-2/h10H,3-9H2,1-2H3,(H,16,17)(H2,14,15,18). The molecule has 0 bridgehead atoms. The monoisotopic (exact) mass is 288 g/mol. The SMILES string of the molecule is CSCCCNC(=O)NC1(C(=O)O)CCC(C)CC1. The van der Waals surface area contributed by atoms with Gasteiger partial charge in [0.1, 0.15) is 5.54 Å². The number of rotatable bonds is 6. The Balaban J connectivity index is 2.45. The summed E-state index contributed by atoms with van der Waals surface area (Å²) in [5.74, 6) is 0.611. The number of urea groups is 1. The molecule has 1 fully saturated rings. The van der Waals surface area contributed by atoms with Gasteiger partial charge in [-0.15, -0.1) is 0 Å². The zero-order valence-corrected chi connectivity index (χ0v) is 12.5. The lowest BCUT2D eigenvalue weighted by atomic mass is 9.77. The van der Waals surface area contributed by atoms with Crippen molar-refractivity contribution in [1.82, 2.24) is 10.6 Å². The van der Waals surface area contributed by atoms with Crippen molar-refractivity contribution in [3.63, 3.8) is 0 Å². The van der Waals surface area contributed by atoms with Crippen molar-refractivity contribution in [2.75, 3.05) is 18.6 Å². The number of carbonyl (C=O) groups excluding carboxylic acids is 1. The first-order valence-electron chi connectivity index (χ1n) is 6.78. The topological polar surface area (TPSA) is 78.4 Å². The summed E-state index contributed by atoms with van der Waals surface area (Å²) in [5, 5.41) is 14.8. The van der Waals surface area contributed by atoms with Gasteiger partial charge in [-0.1, -0.05) is 6.92 Å². The Morgan fingerprint density at radius 2 is 2.00 bits per heavy atom. The molecule has 0 saturated heterocycles. The highest BCUT2D eigenvalue weighted by Gasteiger charge is 2.42. The molecule has 0 aromatic heterocycles. The van der Waals surface area contributed by atoms with Gasteiger partial charge in [0.25, 0.3) is 0 Å². The van der Waals surface area contributed by atoms with Gasteiger partial charge in [-0.3, -0.25) is 0 Å². The number of carboxylic acid groups (broad SMARTS) is 1. The maximum atomic E-state index is 11.8. The van der Waals surface area contributed by atoms with E-state index in [1.807, 2.05) is 6.26 Å². The van der Waals surface area contributed by atoms with E-state index in [4.69, 9.17) is 0 Å². The predicted molar refractivity (Wildman–Crippen MR) is 77.5 cm³/mol. The molecule has 0 spiro atoms. The maximum Gasteiger partial charge on any atom is 0.329 e. The van der Waals surface area contributed by atoms with Crippen LogP contribution in [0, 0.1) is 5.92 Å². The molecular formula is C13H24N2O3S. The second kappa shape index (κ2) is 7.62. The van der Waals surface area contributed by atoms with Crippen molar-refractivity contribution in [1.29, 1.82) is 0 Å². The molecule has 0 radical (unpaired) electrons. The van der Waals surface area contributed by atoms with Gasteiger partial charge in [0.05, 0.1) is 0 Å². The lowest BCUT2D eigenvalue weighted by Crippen LogP contribution is -2.58. The summed E-state index contributed by atoms with van der Waals surface area (Å²) in [4.78, 5) is 23.2. The molecule has 0 heterocycles. The van der Waals surface area contributed by atoms with E-state index in [2.05, 4.69) is 17.6 Å². The van der Waals surface area contributed by atoms with E-state index in [1.54, 1.807) is 11.8 Å². The summed E-state index contributed by atoms with van der Waals surface area (Å²) in [5.41, 5.74) is -1.07. The van der Waals surface area contributed by atoms with Gasteiger partial charge < -0.3 is 15.7 Å². The van der Waals surface area contributed by atoms with Crippen LogP contribution in [0.2, 0.25) is 0 Å². The minimum atomic E-state index is -1.07. The summed E-state index contributed by atoms with van der Waals surface area (Å²) in [6.45, 7) is 2.70. The molecule has 0 atom stereocenters. The van der Waals surface area contributed by atoms with E-state index >= 15 is 0 Å². The van der Waals surface area contributed by atoms with Crippen LogP contribution in [-0.4, -0.2) is 41.2 Å². The van der Waals surface area contributed by atoms with Gasteiger partial charge in [0.15, 0.2) is 0 Å². The Morgan fingerprint density at radius 3 is 2.53 bits per heavy atom. The van der Waals surface area contributed by atoms with Crippen molar-refractivity contribution >= 4 is 23.8 Å². The molecule has 1 aliphatic rings. The lowest BCUT2D eigenvalue weighted by Gasteiger charge is -2.36. The first kappa shape index (κ1) is 16.1. The Morgan fingerprint density at radius 1 is 1.37 bits per heavy atom. The van der Waals surface area contributed by atoms with Crippen LogP contribution in [-0.2, 0) is 4.79 Å². The fourth-order valence-electron chi connectivity index (χ4n) is 2.33. The van der Waals surface area contributed by atoms with Gasteiger partial charge in [0, 0.05) is 6.54 Å². The summed E-state index contributed by atoms with van der Waals surface area (Å²) in [6, 6.07) is -0.363. The van der Waals surface area contributed by atoms with Crippen LogP contribution in [0.15, 0.2) is 0 Å². The van der Waals surface area contributed by atoms with E-state index in [0.717, 1.165) is 25.0 Å². The van der Waals surface area contributed by atoms with Crippen molar-refractivity contribution in [2.24, 2.45) is 5.92 Å². The summed E-state index contributed by atoms with van der Waals surface area (Å²) < 4.78 is 0. The number of nitrogens with one attached hydrogen (secondary N) is 2. The smallest absolute Gasteiger partial charge is 0.329 e. The maximum absolute atomic E-state index is 11.8. The van der Waals surface area contributed by atoms with E-state index in [1.165, 1.54) is 0 Å². The molecule has 5 nitrogen and oxygen atoms in total. The van der Waals surface area contributed by atoms with Crippen LogP contribution in [0.5, 0.6) is 0 Å². The average molecular weight is 288 g/mol.